The molecule has 1 saturated heterocycles. The molecule has 160 valence electrons. The third kappa shape index (κ3) is 5.15. The van der Waals surface area contributed by atoms with Crippen LogP contribution in [-0.4, -0.2) is 29.1 Å². The molecule has 0 spiro atoms. The fraction of sp³-hybridized carbons (Fsp3) is 0.296. The lowest BCUT2D eigenvalue weighted by atomic mass is 9.90. The number of likely N-dealkylation sites (tertiary alicyclic amines) is 1. The summed E-state index contributed by atoms with van der Waals surface area (Å²) in [4.78, 5) is 14.0. The summed E-state index contributed by atoms with van der Waals surface area (Å²) in [5.74, 6) is 0.548. The molecular weight excluding hydrogens is 386 g/mol. The van der Waals surface area contributed by atoms with Crippen molar-refractivity contribution < 1.29 is 14.6 Å². The first-order chi connectivity index (χ1) is 15.0. The van der Waals surface area contributed by atoms with Crippen molar-refractivity contribution in [3.05, 3.63) is 95.1 Å². The quantitative estimate of drug-likeness (QED) is 0.538. The summed E-state index contributed by atoms with van der Waals surface area (Å²) in [6, 6.07) is 24.5. The Kier molecular flexibility index (Phi) is 6.38. The molecule has 3 aromatic carbocycles. The Bertz CT molecular complexity index is 1030. The number of carbonyl (C=O) groups is 1. The first-order valence-corrected chi connectivity index (χ1v) is 10.9. The lowest BCUT2D eigenvalue weighted by Crippen LogP contribution is -2.41. The van der Waals surface area contributed by atoms with Gasteiger partial charge in [0.25, 0.3) is 0 Å². The predicted octanol–water partition coefficient (Wildman–Crippen LogP) is 5.98. The standard InChI is InChI=1S/C27H29NO3/c1-19-14-20(2)16-23(15-19)26(28-13-7-9-22(18-28)27(29)30)21-8-6-12-25(17-21)31-24-10-4-3-5-11-24/h3-6,8,10-12,14-17,22,26H,7,9,13,18H2,1-2H3,(H,29,30). The van der Waals surface area contributed by atoms with Gasteiger partial charge in [0.15, 0.2) is 0 Å². The maximum Gasteiger partial charge on any atom is 0.307 e. The van der Waals surface area contributed by atoms with Gasteiger partial charge in [-0.05, 0) is 68.6 Å². The Morgan fingerprint density at radius 1 is 0.935 bits per heavy atom. The zero-order chi connectivity index (χ0) is 21.8. The molecule has 4 nitrogen and oxygen atoms in total. The molecule has 31 heavy (non-hydrogen) atoms. The summed E-state index contributed by atoms with van der Waals surface area (Å²) >= 11 is 0. The van der Waals surface area contributed by atoms with Crippen LogP contribution in [0.3, 0.4) is 0 Å². The van der Waals surface area contributed by atoms with Gasteiger partial charge in [0.2, 0.25) is 0 Å². The van der Waals surface area contributed by atoms with E-state index in [-0.39, 0.29) is 12.0 Å². The van der Waals surface area contributed by atoms with Gasteiger partial charge in [0.05, 0.1) is 12.0 Å². The lowest BCUT2D eigenvalue weighted by Gasteiger charge is -2.38. The van der Waals surface area contributed by atoms with E-state index in [2.05, 4.69) is 49.1 Å². The number of benzene rings is 3. The summed E-state index contributed by atoms with van der Waals surface area (Å²) in [6.07, 6.45) is 1.63. The van der Waals surface area contributed by atoms with Crippen molar-refractivity contribution in [3.8, 4) is 11.5 Å². The highest BCUT2D eigenvalue weighted by Gasteiger charge is 2.31. The number of rotatable bonds is 6. The molecule has 1 fully saturated rings. The van der Waals surface area contributed by atoms with E-state index in [1.54, 1.807) is 0 Å². The van der Waals surface area contributed by atoms with Gasteiger partial charge in [-0.25, -0.2) is 0 Å². The van der Waals surface area contributed by atoms with Crippen molar-refractivity contribution in [2.75, 3.05) is 13.1 Å². The van der Waals surface area contributed by atoms with E-state index < -0.39 is 5.97 Å². The molecular formula is C27H29NO3. The van der Waals surface area contributed by atoms with Crippen LogP contribution >= 0.6 is 0 Å². The van der Waals surface area contributed by atoms with Crippen LogP contribution in [0.2, 0.25) is 0 Å². The van der Waals surface area contributed by atoms with Gasteiger partial charge in [-0.15, -0.1) is 0 Å². The average molecular weight is 416 g/mol. The van der Waals surface area contributed by atoms with Crippen LogP contribution in [0.15, 0.2) is 72.8 Å². The smallest absolute Gasteiger partial charge is 0.307 e. The lowest BCUT2D eigenvalue weighted by molar-refractivity contribution is -0.143. The zero-order valence-corrected chi connectivity index (χ0v) is 18.1. The summed E-state index contributed by atoms with van der Waals surface area (Å²) in [5.41, 5.74) is 4.73. The van der Waals surface area contributed by atoms with E-state index in [0.717, 1.165) is 36.4 Å². The minimum Gasteiger partial charge on any atom is -0.481 e. The summed E-state index contributed by atoms with van der Waals surface area (Å²) in [5, 5.41) is 9.63. The number of hydrogen-bond acceptors (Lipinski definition) is 3. The molecule has 0 aliphatic carbocycles. The third-order valence-electron chi connectivity index (χ3n) is 5.88. The molecule has 4 heteroatoms. The molecule has 0 amide bonds. The Labute approximate surface area is 184 Å². The second kappa shape index (κ2) is 9.36. The highest BCUT2D eigenvalue weighted by molar-refractivity contribution is 5.70. The second-order valence-corrected chi connectivity index (χ2v) is 8.48. The summed E-state index contributed by atoms with van der Waals surface area (Å²) in [6.45, 7) is 5.65. The van der Waals surface area contributed by atoms with Gasteiger partial charge in [0, 0.05) is 6.54 Å². The van der Waals surface area contributed by atoms with Gasteiger partial charge in [-0.3, -0.25) is 9.69 Å². The van der Waals surface area contributed by atoms with E-state index in [1.165, 1.54) is 16.7 Å². The number of piperidine rings is 1. The molecule has 2 atom stereocenters. The van der Waals surface area contributed by atoms with Crippen molar-refractivity contribution >= 4 is 5.97 Å². The van der Waals surface area contributed by atoms with Crippen molar-refractivity contribution in [1.29, 1.82) is 0 Å². The van der Waals surface area contributed by atoms with Crippen molar-refractivity contribution in [1.82, 2.24) is 4.90 Å². The van der Waals surface area contributed by atoms with Crippen LogP contribution in [0, 0.1) is 19.8 Å². The molecule has 3 aromatic rings. The maximum atomic E-state index is 11.7. The van der Waals surface area contributed by atoms with Crippen LogP contribution in [0.5, 0.6) is 11.5 Å². The molecule has 0 radical (unpaired) electrons. The minimum absolute atomic E-state index is 0.0138. The number of aryl methyl sites for hydroxylation is 2. The number of hydrogen-bond donors (Lipinski definition) is 1. The Morgan fingerprint density at radius 2 is 1.65 bits per heavy atom. The van der Waals surface area contributed by atoms with Gasteiger partial charge >= 0.3 is 5.97 Å². The second-order valence-electron chi connectivity index (χ2n) is 8.48. The van der Waals surface area contributed by atoms with Gasteiger partial charge in [-0.2, -0.15) is 0 Å². The van der Waals surface area contributed by atoms with E-state index in [4.69, 9.17) is 4.74 Å². The van der Waals surface area contributed by atoms with Gasteiger partial charge in [0.1, 0.15) is 11.5 Å². The van der Waals surface area contributed by atoms with Crippen LogP contribution in [-0.2, 0) is 4.79 Å². The third-order valence-corrected chi connectivity index (χ3v) is 5.88. The van der Waals surface area contributed by atoms with Crippen LogP contribution in [0.4, 0.5) is 0 Å². The number of carboxylic acids is 1. The number of nitrogens with zero attached hydrogens (tertiary/aromatic N) is 1. The molecule has 1 aliphatic heterocycles. The maximum absolute atomic E-state index is 11.7. The first-order valence-electron chi connectivity index (χ1n) is 10.9. The molecule has 0 aromatic heterocycles. The van der Waals surface area contributed by atoms with Crippen LogP contribution in [0.25, 0.3) is 0 Å². The molecule has 0 saturated carbocycles. The number of carboxylic acid groups (broad SMARTS) is 1. The Balaban J connectivity index is 1.72. The highest BCUT2D eigenvalue weighted by atomic mass is 16.5. The largest absolute Gasteiger partial charge is 0.481 e. The normalized spacial score (nSPS) is 17.8. The Hall–Kier alpha value is -3.11. The first kappa shape index (κ1) is 21.1. The van der Waals surface area contributed by atoms with E-state index >= 15 is 0 Å². The van der Waals surface area contributed by atoms with Crippen molar-refractivity contribution in [2.24, 2.45) is 5.92 Å². The summed E-state index contributed by atoms with van der Waals surface area (Å²) < 4.78 is 6.09. The molecule has 0 bridgehead atoms. The fourth-order valence-electron chi connectivity index (χ4n) is 4.60. The van der Waals surface area contributed by atoms with E-state index in [1.807, 2.05) is 42.5 Å². The molecule has 2 unspecified atom stereocenters. The van der Waals surface area contributed by atoms with Crippen molar-refractivity contribution in [2.45, 2.75) is 32.7 Å². The topological polar surface area (TPSA) is 49.8 Å². The number of aliphatic carboxylic acids is 1. The fourth-order valence-corrected chi connectivity index (χ4v) is 4.60. The highest BCUT2D eigenvalue weighted by Crippen LogP contribution is 2.35. The van der Waals surface area contributed by atoms with Gasteiger partial charge in [-0.1, -0.05) is 59.7 Å². The number of para-hydroxylation sites is 1. The van der Waals surface area contributed by atoms with Crippen LogP contribution < -0.4 is 4.74 Å². The SMILES string of the molecule is Cc1cc(C)cc(C(c2cccc(Oc3ccccc3)c2)N2CCCC(C(=O)O)C2)c1. The molecule has 1 aliphatic rings. The minimum atomic E-state index is -0.704. The zero-order valence-electron chi connectivity index (χ0n) is 18.1. The van der Waals surface area contributed by atoms with E-state index in [9.17, 15) is 9.90 Å². The molecule has 1 N–H and O–H groups in total. The van der Waals surface area contributed by atoms with Crippen LogP contribution in [0.1, 0.15) is 41.1 Å². The molecule has 1 heterocycles. The summed E-state index contributed by atoms with van der Waals surface area (Å²) in [7, 11) is 0. The number of ether oxygens (including phenoxy) is 1. The van der Waals surface area contributed by atoms with Gasteiger partial charge < -0.3 is 9.84 Å². The average Bonchev–Trinajstić information content (AvgIpc) is 2.74. The predicted molar refractivity (Wildman–Crippen MR) is 123 cm³/mol. The van der Waals surface area contributed by atoms with E-state index in [0.29, 0.717) is 6.54 Å². The monoisotopic (exact) mass is 415 g/mol. The Morgan fingerprint density at radius 3 is 2.35 bits per heavy atom. The van der Waals surface area contributed by atoms with Crippen molar-refractivity contribution in [3.63, 3.8) is 0 Å². The molecule has 4 rings (SSSR count).